The van der Waals surface area contributed by atoms with Crippen molar-refractivity contribution in [3.8, 4) is 0 Å². The zero-order valence-electron chi connectivity index (χ0n) is 9.04. The first kappa shape index (κ1) is 14.2. The molecular weight excluding hydrogens is 280 g/mol. The fourth-order valence-electron chi connectivity index (χ4n) is 1.04. The lowest BCUT2D eigenvalue weighted by Crippen LogP contribution is -2.26. The summed E-state index contributed by atoms with van der Waals surface area (Å²) in [6.45, 7) is 0. The zero-order valence-corrected chi connectivity index (χ0v) is 10.6. The number of hydrogen-bond donors (Lipinski definition) is 4. The van der Waals surface area contributed by atoms with Gasteiger partial charge in [-0.15, -0.1) is 0 Å². The number of primary sulfonamides is 1. The Morgan fingerprint density at radius 2 is 1.83 bits per heavy atom. The maximum atomic E-state index is 11.1. The molecule has 0 fully saturated rings. The van der Waals surface area contributed by atoms with Gasteiger partial charge in [0, 0.05) is 0 Å². The van der Waals surface area contributed by atoms with Gasteiger partial charge < -0.3 is 17.2 Å². The van der Waals surface area contributed by atoms with Gasteiger partial charge in [0.2, 0.25) is 16.0 Å². The van der Waals surface area contributed by atoms with Crippen LogP contribution in [0.4, 0.5) is 5.69 Å². The summed E-state index contributed by atoms with van der Waals surface area (Å²) in [5.74, 6) is -0.543. The van der Waals surface area contributed by atoms with Crippen LogP contribution in [-0.2, 0) is 10.0 Å². The zero-order chi connectivity index (χ0) is 13.9. The van der Waals surface area contributed by atoms with Crippen molar-refractivity contribution >= 4 is 39.2 Å². The van der Waals surface area contributed by atoms with E-state index in [1.165, 1.54) is 12.1 Å². The highest BCUT2D eigenvalue weighted by atomic mass is 35.5. The Balaban J connectivity index is 3.30. The van der Waals surface area contributed by atoms with Gasteiger partial charge in [-0.25, -0.2) is 18.5 Å². The van der Waals surface area contributed by atoms with E-state index in [-0.39, 0.29) is 27.5 Å². The molecule has 1 aromatic rings. The third-order valence-electron chi connectivity index (χ3n) is 1.72. The van der Waals surface area contributed by atoms with E-state index in [4.69, 9.17) is 33.9 Å². The summed E-state index contributed by atoms with van der Waals surface area (Å²) in [6.07, 6.45) is 0. The van der Waals surface area contributed by atoms with Crippen LogP contribution in [0.5, 0.6) is 0 Å². The topological polar surface area (TPSA) is 163 Å². The summed E-state index contributed by atoms with van der Waals surface area (Å²) in [4.78, 5) is 7.08. The van der Waals surface area contributed by atoms with Crippen LogP contribution in [0.1, 0.15) is 0 Å². The molecule has 8 nitrogen and oxygen atoms in total. The highest BCUT2D eigenvalue weighted by Gasteiger charge is 2.10. The number of nitrogens with zero attached hydrogens (tertiary/aromatic N) is 2. The highest BCUT2D eigenvalue weighted by Crippen LogP contribution is 2.27. The molecule has 18 heavy (non-hydrogen) atoms. The number of benzene rings is 1. The summed E-state index contributed by atoms with van der Waals surface area (Å²) in [7, 11) is -3.85. The molecule has 0 saturated carbocycles. The first-order chi connectivity index (χ1) is 8.20. The lowest BCUT2D eigenvalue weighted by atomic mass is 10.3. The third-order valence-corrected chi connectivity index (χ3v) is 2.96. The van der Waals surface area contributed by atoms with Crippen molar-refractivity contribution in [3.63, 3.8) is 0 Å². The summed E-state index contributed by atoms with van der Waals surface area (Å²) < 4.78 is 22.3. The molecule has 0 amide bonds. The lowest BCUT2D eigenvalue weighted by molar-refractivity contribution is 0.598. The van der Waals surface area contributed by atoms with Crippen LogP contribution in [-0.4, -0.2) is 20.3 Å². The van der Waals surface area contributed by atoms with Crippen molar-refractivity contribution in [2.24, 2.45) is 32.3 Å². The number of nitrogens with two attached hydrogens (primary N) is 4. The van der Waals surface area contributed by atoms with Crippen LogP contribution in [0, 0.1) is 0 Å². The molecule has 0 aliphatic rings. The number of halogens is 1. The van der Waals surface area contributed by atoms with E-state index >= 15 is 0 Å². The Morgan fingerprint density at radius 3 is 2.33 bits per heavy atom. The second-order valence-corrected chi connectivity index (χ2v) is 5.13. The minimum atomic E-state index is -3.85. The molecular formula is C8H11ClN6O2S. The van der Waals surface area contributed by atoms with Crippen LogP contribution in [0.2, 0.25) is 5.02 Å². The summed E-state index contributed by atoms with van der Waals surface area (Å²) in [5.41, 5.74) is 15.7. The second kappa shape index (κ2) is 5.21. The Hall–Kier alpha value is -1.84. The van der Waals surface area contributed by atoms with Crippen molar-refractivity contribution in [3.05, 3.63) is 23.2 Å². The van der Waals surface area contributed by atoms with Crippen molar-refractivity contribution in [2.75, 3.05) is 0 Å². The third kappa shape index (κ3) is 3.87. The molecule has 0 radical (unpaired) electrons. The van der Waals surface area contributed by atoms with Crippen molar-refractivity contribution in [1.29, 1.82) is 0 Å². The van der Waals surface area contributed by atoms with Gasteiger partial charge in [-0.3, -0.25) is 0 Å². The molecule has 0 heterocycles. The molecule has 0 aliphatic carbocycles. The van der Waals surface area contributed by atoms with Gasteiger partial charge in [-0.1, -0.05) is 11.6 Å². The second-order valence-electron chi connectivity index (χ2n) is 3.16. The molecule has 0 aromatic heterocycles. The van der Waals surface area contributed by atoms with Gasteiger partial charge in [0.05, 0.1) is 15.6 Å². The fourth-order valence-corrected chi connectivity index (χ4v) is 1.73. The summed E-state index contributed by atoms with van der Waals surface area (Å²) in [6, 6.07) is 3.73. The largest absolute Gasteiger partial charge is 0.370 e. The number of guanidine groups is 2. The van der Waals surface area contributed by atoms with Crippen LogP contribution >= 0.6 is 11.6 Å². The van der Waals surface area contributed by atoms with E-state index in [1.54, 1.807) is 0 Å². The van der Waals surface area contributed by atoms with E-state index in [0.717, 1.165) is 6.07 Å². The molecule has 0 bridgehead atoms. The maximum absolute atomic E-state index is 11.1. The first-order valence-corrected chi connectivity index (χ1v) is 6.38. The average Bonchev–Trinajstić information content (AvgIpc) is 2.18. The quantitative estimate of drug-likeness (QED) is 0.413. The Kier molecular flexibility index (Phi) is 4.11. The monoisotopic (exact) mass is 290 g/mol. The van der Waals surface area contributed by atoms with E-state index in [9.17, 15) is 8.42 Å². The smallest absolute Gasteiger partial charge is 0.238 e. The van der Waals surface area contributed by atoms with E-state index < -0.39 is 10.0 Å². The van der Waals surface area contributed by atoms with Crippen molar-refractivity contribution in [1.82, 2.24) is 0 Å². The average molecular weight is 291 g/mol. The standard InChI is InChI=1S/C8H11ClN6O2S/c9-5-2-1-4(18(13,16)17)3-6(5)14-8(12)15-7(10)11/h1-3H,(H2,13,16,17)(H6,10,11,12,14,15). The number of aliphatic imine (C=N–C) groups is 2. The van der Waals surface area contributed by atoms with Crippen LogP contribution < -0.4 is 22.3 Å². The molecule has 0 spiro atoms. The van der Waals surface area contributed by atoms with E-state index in [0.29, 0.717) is 0 Å². The molecule has 0 saturated heterocycles. The normalized spacial score (nSPS) is 12.2. The van der Waals surface area contributed by atoms with Crippen LogP contribution in [0.15, 0.2) is 33.1 Å². The number of hydrogen-bond acceptors (Lipinski definition) is 3. The molecule has 8 N–H and O–H groups in total. The molecule has 0 aliphatic heterocycles. The number of rotatable bonds is 2. The molecule has 98 valence electrons. The molecule has 10 heteroatoms. The van der Waals surface area contributed by atoms with Gasteiger partial charge in [0.1, 0.15) is 0 Å². The molecule has 1 aromatic carbocycles. The van der Waals surface area contributed by atoms with Crippen molar-refractivity contribution in [2.45, 2.75) is 4.90 Å². The van der Waals surface area contributed by atoms with Gasteiger partial charge in [0.25, 0.3) is 0 Å². The fraction of sp³-hybridized carbons (Fsp3) is 0. The first-order valence-electron chi connectivity index (χ1n) is 4.46. The summed E-state index contributed by atoms with van der Waals surface area (Å²) in [5, 5.41) is 5.15. The Morgan fingerprint density at radius 1 is 1.22 bits per heavy atom. The minimum Gasteiger partial charge on any atom is -0.370 e. The molecule has 1 rings (SSSR count). The maximum Gasteiger partial charge on any atom is 0.238 e. The Labute approximate surface area is 108 Å². The van der Waals surface area contributed by atoms with Crippen LogP contribution in [0.25, 0.3) is 0 Å². The predicted molar refractivity (Wildman–Crippen MR) is 69.9 cm³/mol. The predicted octanol–water partition coefficient (Wildman–Crippen LogP) is -0.793. The SMILES string of the molecule is NC(N)=NC(N)=Nc1cc(S(N)(=O)=O)ccc1Cl. The lowest BCUT2D eigenvalue weighted by Gasteiger charge is -2.02. The summed E-state index contributed by atoms with van der Waals surface area (Å²) >= 11 is 5.82. The molecule has 0 atom stereocenters. The van der Waals surface area contributed by atoms with Crippen molar-refractivity contribution < 1.29 is 8.42 Å². The van der Waals surface area contributed by atoms with Gasteiger partial charge in [0.15, 0.2) is 5.96 Å². The highest BCUT2D eigenvalue weighted by molar-refractivity contribution is 7.89. The van der Waals surface area contributed by atoms with E-state index in [1.807, 2.05) is 0 Å². The van der Waals surface area contributed by atoms with Gasteiger partial charge in [-0.2, -0.15) is 4.99 Å². The van der Waals surface area contributed by atoms with E-state index in [2.05, 4.69) is 9.98 Å². The Bertz CT molecular complexity index is 620. The van der Waals surface area contributed by atoms with Crippen LogP contribution in [0.3, 0.4) is 0 Å². The number of sulfonamides is 1. The van der Waals surface area contributed by atoms with Gasteiger partial charge in [-0.05, 0) is 18.2 Å². The van der Waals surface area contributed by atoms with Gasteiger partial charge >= 0.3 is 0 Å². The molecule has 0 unspecified atom stereocenters. The minimum absolute atomic E-state index is 0.0886.